The van der Waals surface area contributed by atoms with Gasteiger partial charge in [-0.15, -0.1) is 0 Å². The van der Waals surface area contributed by atoms with Gasteiger partial charge in [-0.1, -0.05) is 30.3 Å². The van der Waals surface area contributed by atoms with Crippen LogP contribution in [0.3, 0.4) is 0 Å². The van der Waals surface area contributed by atoms with E-state index in [0.717, 1.165) is 42.9 Å². The average molecular weight is 380 g/mol. The summed E-state index contributed by atoms with van der Waals surface area (Å²) in [7, 11) is 4.33. The second-order valence-electron chi connectivity index (χ2n) is 8.48. The van der Waals surface area contributed by atoms with E-state index in [0.29, 0.717) is 6.54 Å². The lowest BCUT2D eigenvalue weighted by Crippen LogP contribution is -2.54. The molecule has 2 aromatic rings. The minimum atomic E-state index is -0.178. The zero-order valence-electron chi connectivity index (χ0n) is 17.2. The summed E-state index contributed by atoms with van der Waals surface area (Å²) in [5.41, 5.74) is 2.87. The topological polar surface area (TPSA) is 61.4 Å². The maximum absolute atomic E-state index is 12.8. The standard InChI is InChI=1S/C22H29N5O/c1-16-19(14-23-17(2)24-16)27-15-21(25-20(27)28)10-12-22(13-11-21,26(3)4)18-8-6-5-7-9-18/h5-9,14H,10-13,15H2,1-4H3,(H,25,28)/t21-,22+. The fraction of sp³-hybridized carbons (Fsp3) is 0.500. The van der Waals surface area contributed by atoms with Crippen molar-refractivity contribution in [2.75, 3.05) is 25.5 Å². The molecule has 1 aromatic heterocycles. The van der Waals surface area contributed by atoms with Crippen LogP contribution in [0.15, 0.2) is 36.5 Å². The van der Waals surface area contributed by atoms with Crippen LogP contribution in [0.1, 0.15) is 42.8 Å². The Kier molecular flexibility index (Phi) is 4.62. The normalized spacial score (nSPS) is 27.5. The van der Waals surface area contributed by atoms with E-state index in [1.165, 1.54) is 5.56 Å². The molecule has 2 heterocycles. The zero-order valence-corrected chi connectivity index (χ0v) is 17.2. The van der Waals surface area contributed by atoms with Crippen LogP contribution in [0.25, 0.3) is 0 Å². The molecule has 1 saturated heterocycles. The maximum atomic E-state index is 12.8. The van der Waals surface area contributed by atoms with Crippen molar-refractivity contribution in [2.24, 2.45) is 0 Å². The lowest BCUT2D eigenvalue weighted by molar-refractivity contribution is 0.0658. The third-order valence-electron chi connectivity index (χ3n) is 6.64. The predicted octanol–water partition coefficient (Wildman–Crippen LogP) is 3.39. The van der Waals surface area contributed by atoms with Crippen molar-refractivity contribution < 1.29 is 4.79 Å². The van der Waals surface area contributed by atoms with Crippen LogP contribution in [0, 0.1) is 13.8 Å². The highest BCUT2D eigenvalue weighted by molar-refractivity contribution is 5.95. The van der Waals surface area contributed by atoms with Crippen molar-refractivity contribution >= 4 is 11.7 Å². The molecule has 1 N–H and O–H groups in total. The Morgan fingerprint density at radius 3 is 2.36 bits per heavy atom. The molecule has 28 heavy (non-hydrogen) atoms. The van der Waals surface area contributed by atoms with Gasteiger partial charge in [0.2, 0.25) is 0 Å². The Morgan fingerprint density at radius 1 is 1.07 bits per heavy atom. The number of carbonyl (C=O) groups is 1. The molecule has 1 saturated carbocycles. The van der Waals surface area contributed by atoms with Gasteiger partial charge in [0.1, 0.15) is 5.82 Å². The second-order valence-corrected chi connectivity index (χ2v) is 8.48. The van der Waals surface area contributed by atoms with Gasteiger partial charge in [0.15, 0.2) is 0 Å². The number of anilines is 1. The summed E-state index contributed by atoms with van der Waals surface area (Å²) < 4.78 is 0. The van der Waals surface area contributed by atoms with E-state index in [9.17, 15) is 4.79 Å². The summed E-state index contributed by atoms with van der Waals surface area (Å²) in [5.74, 6) is 0.729. The van der Waals surface area contributed by atoms with Gasteiger partial charge in [0.05, 0.1) is 29.7 Å². The molecule has 1 aliphatic heterocycles. The number of carbonyl (C=O) groups excluding carboxylic acids is 1. The molecule has 1 spiro atoms. The number of hydrogen-bond donors (Lipinski definition) is 1. The third-order valence-corrected chi connectivity index (χ3v) is 6.64. The lowest BCUT2D eigenvalue weighted by atomic mass is 9.69. The fourth-order valence-electron chi connectivity index (χ4n) is 4.91. The molecule has 1 aromatic carbocycles. The fourth-order valence-corrected chi connectivity index (χ4v) is 4.91. The zero-order chi connectivity index (χ0) is 19.9. The van der Waals surface area contributed by atoms with E-state index in [-0.39, 0.29) is 17.1 Å². The van der Waals surface area contributed by atoms with E-state index in [1.54, 1.807) is 6.20 Å². The molecule has 6 heteroatoms. The van der Waals surface area contributed by atoms with Gasteiger partial charge in [0, 0.05) is 5.54 Å². The van der Waals surface area contributed by atoms with Crippen LogP contribution in [-0.4, -0.2) is 47.1 Å². The van der Waals surface area contributed by atoms with Gasteiger partial charge in [0.25, 0.3) is 0 Å². The number of urea groups is 1. The predicted molar refractivity (Wildman–Crippen MR) is 110 cm³/mol. The number of aromatic nitrogens is 2. The molecular weight excluding hydrogens is 350 g/mol. The molecule has 2 aliphatic rings. The number of nitrogens with zero attached hydrogens (tertiary/aromatic N) is 4. The van der Waals surface area contributed by atoms with E-state index in [4.69, 9.17) is 0 Å². The van der Waals surface area contributed by atoms with Crippen molar-refractivity contribution in [1.29, 1.82) is 0 Å². The van der Waals surface area contributed by atoms with E-state index < -0.39 is 0 Å². The maximum Gasteiger partial charge on any atom is 0.322 e. The molecule has 6 nitrogen and oxygen atoms in total. The van der Waals surface area contributed by atoms with Crippen LogP contribution >= 0.6 is 0 Å². The first-order valence-electron chi connectivity index (χ1n) is 9.98. The smallest absolute Gasteiger partial charge is 0.322 e. The minimum absolute atomic E-state index is 0.0214. The number of hydrogen-bond acceptors (Lipinski definition) is 4. The number of aryl methyl sites for hydroxylation is 2. The van der Waals surface area contributed by atoms with E-state index in [1.807, 2.05) is 18.7 Å². The van der Waals surface area contributed by atoms with Crippen LogP contribution < -0.4 is 10.2 Å². The number of benzene rings is 1. The molecule has 0 atom stereocenters. The summed E-state index contributed by atoms with van der Waals surface area (Å²) in [6.45, 7) is 4.49. The molecule has 148 valence electrons. The van der Waals surface area contributed by atoms with Crippen molar-refractivity contribution in [2.45, 2.75) is 50.6 Å². The van der Waals surface area contributed by atoms with Crippen molar-refractivity contribution in [3.63, 3.8) is 0 Å². The molecule has 4 rings (SSSR count). The molecular formula is C22H29N5O. The van der Waals surface area contributed by atoms with Crippen LogP contribution in [0.5, 0.6) is 0 Å². The first-order valence-corrected chi connectivity index (χ1v) is 9.98. The molecule has 0 radical (unpaired) electrons. The first-order chi connectivity index (χ1) is 13.4. The van der Waals surface area contributed by atoms with Crippen molar-refractivity contribution in [3.8, 4) is 0 Å². The van der Waals surface area contributed by atoms with Gasteiger partial charge in [-0.05, 0) is 59.2 Å². The number of rotatable bonds is 3. The molecule has 2 amide bonds. The van der Waals surface area contributed by atoms with Crippen LogP contribution in [-0.2, 0) is 5.54 Å². The van der Waals surface area contributed by atoms with Crippen LogP contribution in [0.4, 0.5) is 10.5 Å². The SMILES string of the molecule is Cc1ncc(N2C[C@]3(CC[C@](c4ccccc4)(N(C)C)CC3)NC2=O)c(C)n1. The highest BCUT2D eigenvalue weighted by Gasteiger charge is 2.50. The summed E-state index contributed by atoms with van der Waals surface area (Å²) in [4.78, 5) is 25.7. The Labute approximate surface area is 167 Å². The molecule has 1 aliphatic carbocycles. The van der Waals surface area contributed by atoms with Crippen molar-refractivity contribution in [3.05, 3.63) is 53.6 Å². The van der Waals surface area contributed by atoms with Gasteiger partial charge in [-0.25, -0.2) is 14.8 Å². The van der Waals surface area contributed by atoms with Gasteiger partial charge >= 0.3 is 6.03 Å². The Morgan fingerprint density at radius 2 is 1.75 bits per heavy atom. The third kappa shape index (κ3) is 3.05. The molecule has 0 unspecified atom stereocenters. The van der Waals surface area contributed by atoms with Gasteiger partial charge in [-0.2, -0.15) is 0 Å². The quantitative estimate of drug-likeness (QED) is 0.888. The highest BCUT2D eigenvalue weighted by atomic mass is 16.2. The van der Waals surface area contributed by atoms with Gasteiger partial charge < -0.3 is 5.32 Å². The minimum Gasteiger partial charge on any atom is -0.330 e. The van der Waals surface area contributed by atoms with E-state index >= 15 is 0 Å². The summed E-state index contributed by atoms with van der Waals surface area (Å²) >= 11 is 0. The van der Waals surface area contributed by atoms with Crippen LogP contribution in [0.2, 0.25) is 0 Å². The largest absolute Gasteiger partial charge is 0.330 e. The summed E-state index contributed by atoms with van der Waals surface area (Å²) in [6, 6.07) is 10.7. The Balaban J connectivity index is 1.56. The van der Waals surface area contributed by atoms with Gasteiger partial charge in [-0.3, -0.25) is 9.80 Å². The lowest BCUT2D eigenvalue weighted by Gasteiger charge is -2.48. The monoisotopic (exact) mass is 379 g/mol. The summed E-state index contributed by atoms with van der Waals surface area (Å²) in [6.07, 6.45) is 5.71. The Bertz CT molecular complexity index is 872. The Hall–Kier alpha value is -2.47. The van der Waals surface area contributed by atoms with Crippen molar-refractivity contribution in [1.82, 2.24) is 20.2 Å². The van der Waals surface area contributed by atoms with E-state index in [2.05, 4.69) is 64.6 Å². The number of amides is 2. The first kappa shape index (κ1) is 18.9. The molecule has 2 fully saturated rings. The number of nitrogens with one attached hydrogen (secondary N) is 1. The molecule has 0 bridgehead atoms. The highest BCUT2D eigenvalue weighted by Crippen LogP contribution is 2.46. The average Bonchev–Trinajstić information content (AvgIpc) is 2.99. The summed E-state index contributed by atoms with van der Waals surface area (Å²) in [5, 5.41) is 3.30. The second kappa shape index (κ2) is 6.85.